The highest BCUT2D eigenvalue weighted by molar-refractivity contribution is 5.96. The quantitative estimate of drug-likeness (QED) is 0.0470. The van der Waals surface area contributed by atoms with Gasteiger partial charge in [0.15, 0.2) is 0 Å². The molecule has 3 N–H and O–H groups in total. The van der Waals surface area contributed by atoms with Gasteiger partial charge in [-0.15, -0.1) is 0 Å². The van der Waals surface area contributed by atoms with Gasteiger partial charge in [-0.3, -0.25) is 14.2 Å². The van der Waals surface area contributed by atoms with Crippen molar-refractivity contribution in [2.75, 3.05) is 32.9 Å². The van der Waals surface area contributed by atoms with Crippen LogP contribution in [0.3, 0.4) is 0 Å². The van der Waals surface area contributed by atoms with Gasteiger partial charge in [0.1, 0.15) is 29.6 Å². The number of ether oxygens (including phenoxy) is 5. The van der Waals surface area contributed by atoms with Gasteiger partial charge in [0.25, 0.3) is 0 Å². The standard InChI is InChI=1S/C64H106N4O9/c1-9-11-13-15-17-19-21-23-25-27-29-36-44-73-51-55(74-45-37-30-28-26-24-22-20-18-16-14-12-10-2)48-66-60(70)57(40-34-35-43-65-61(71)76-63(3,4)5)67-59(69)46-53-49-68(62(72)77-64(6,7)8)58-42-41-54(47-56(53)58)75-50-52-38-32-31-33-39-52/h31-33,38-39,41-42,47,49,55,57H,9-30,34-37,40,43-46,48,50-51H2,1-8H3,(H,65,71)(H,66,70)(H,67,69). The molecule has 2 unspecified atom stereocenters. The molecule has 0 radical (unpaired) electrons. The van der Waals surface area contributed by atoms with E-state index < -0.39 is 29.4 Å². The fourth-order valence-corrected chi connectivity index (χ4v) is 9.33. The van der Waals surface area contributed by atoms with Gasteiger partial charge in [0, 0.05) is 37.9 Å². The number of rotatable bonds is 43. The minimum Gasteiger partial charge on any atom is -0.489 e. The number of alkyl carbamates (subject to hydrolysis) is 1. The summed E-state index contributed by atoms with van der Waals surface area (Å²) in [7, 11) is 0. The van der Waals surface area contributed by atoms with Crippen molar-refractivity contribution in [3.05, 3.63) is 65.9 Å². The van der Waals surface area contributed by atoms with Crippen LogP contribution in [0.25, 0.3) is 10.9 Å². The number of hydrogen-bond acceptors (Lipinski definition) is 9. The summed E-state index contributed by atoms with van der Waals surface area (Å²) < 4.78 is 31.4. The number of carbonyl (C=O) groups is 4. The number of carbonyl (C=O) groups excluding carboxylic acids is 4. The maximum absolute atomic E-state index is 14.2. The van der Waals surface area contributed by atoms with E-state index in [1.165, 1.54) is 133 Å². The summed E-state index contributed by atoms with van der Waals surface area (Å²) in [6, 6.07) is 14.4. The molecule has 0 bridgehead atoms. The van der Waals surface area contributed by atoms with Gasteiger partial charge in [0.2, 0.25) is 11.8 Å². The zero-order chi connectivity index (χ0) is 56.0. The Labute approximate surface area is 466 Å². The predicted octanol–water partition coefficient (Wildman–Crippen LogP) is 15.6. The van der Waals surface area contributed by atoms with Crippen molar-refractivity contribution in [2.45, 2.75) is 265 Å². The number of aromatic nitrogens is 1. The Hall–Kier alpha value is -4.62. The lowest BCUT2D eigenvalue weighted by molar-refractivity contribution is -0.129. The van der Waals surface area contributed by atoms with Gasteiger partial charge in [-0.05, 0) is 103 Å². The van der Waals surface area contributed by atoms with Crippen molar-refractivity contribution >= 4 is 34.9 Å². The van der Waals surface area contributed by atoms with E-state index in [0.29, 0.717) is 74.5 Å². The third kappa shape index (κ3) is 32.1. The molecule has 0 saturated carbocycles. The molecular formula is C64H106N4O9. The molecule has 0 aliphatic rings. The van der Waals surface area contributed by atoms with Gasteiger partial charge in [-0.25, -0.2) is 9.59 Å². The zero-order valence-electron chi connectivity index (χ0n) is 49.5. The Morgan fingerprint density at radius 3 is 1.70 bits per heavy atom. The van der Waals surface area contributed by atoms with E-state index in [0.717, 1.165) is 31.2 Å². The van der Waals surface area contributed by atoms with Crippen LogP contribution in [0.4, 0.5) is 9.59 Å². The lowest BCUT2D eigenvalue weighted by atomic mass is 10.1. The van der Waals surface area contributed by atoms with Gasteiger partial charge in [0.05, 0.1) is 24.6 Å². The van der Waals surface area contributed by atoms with Crippen LogP contribution < -0.4 is 20.7 Å². The van der Waals surface area contributed by atoms with Crippen molar-refractivity contribution < 1.29 is 42.9 Å². The molecule has 2 atom stereocenters. The molecule has 0 aliphatic carbocycles. The molecule has 0 aliphatic heterocycles. The number of nitrogens with zero attached hydrogens (tertiary/aromatic N) is 1. The van der Waals surface area contributed by atoms with E-state index in [4.69, 9.17) is 23.7 Å². The Balaban J connectivity index is 1.68. The fraction of sp³-hybridized carbons (Fsp3) is 0.719. The molecule has 3 aromatic rings. The highest BCUT2D eigenvalue weighted by Crippen LogP contribution is 2.29. The Kier molecular flexibility index (Phi) is 34.4. The number of unbranched alkanes of at least 4 members (excludes halogenated alkanes) is 23. The summed E-state index contributed by atoms with van der Waals surface area (Å²) in [4.78, 5) is 54.3. The Morgan fingerprint density at radius 1 is 0.597 bits per heavy atom. The minimum atomic E-state index is -0.882. The number of amides is 3. The number of nitrogens with one attached hydrogen (secondary N) is 3. The van der Waals surface area contributed by atoms with Gasteiger partial charge in [-0.2, -0.15) is 0 Å². The first-order valence-electron chi connectivity index (χ1n) is 30.4. The molecule has 77 heavy (non-hydrogen) atoms. The van der Waals surface area contributed by atoms with E-state index in [-0.39, 0.29) is 30.9 Å². The van der Waals surface area contributed by atoms with Crippen molar-refractivity contribution in [1.29, 1.82) is 0 Å². The number of fused-ring (bicyclic) bond motifs is 1. The molecule has 2 aromatic carbocycles. The first kappa shape index (κ1) is 66.7. The molecule has 1 heterocycles. The molecule has 1 aromatic heterocycles. The summed E-state index contributed by atoms with van der Waals surface area (Å²) in [6.45, 7) is 17.9. The smallest absolute Gasteiger partial charge is 0.419 e. The largest absolute Gasteiger partial charge is 0.489 e. The SMILES string of the molecule is CCCCCCCCCCCCCCOCC(CNC(=O)C(CCCCNC(=O)OC(C)(C)C)NC(=O)Cc1cn(C(=O)OC(C)(C)C)c2ccc(OCc3ccccc3)cc12)OCCCCCCCCCCCCCC. The number of benzene rings is 2. The summed E-state index contributed by atoms with van der Waals surface area (Å²) >= 11 is 0. The summed E-state index contributed by atoms with van der Waals surface area (Å²) in [5.74, 6) is -0.136. The lowest BCUT2D eigenvalue weighted by Crippen LogP contribution is -2.49. The molecular weight excluding hydrogens is 969 g/mol. The van der Waals surface area contributed by atoms with Crippen LogP contribution in [0.1, 0.15) is 240 Å². The average molecular weight is 1080 g/mol. The van der Waals surface area contributed by atoms with E-state index >= 15 is 0 Å². The summed E-state index contributed by atoms with van der Waals surface area (Å²) in [5.41, 5.74) is 0.770. The molecule has 0 spiro atoms. The predicted molar refractivity (Wildman–Crippen MR) is 314 cm³/mol. The van der Waals surface area contributed by atoms with E-state index in [1.807, 2.05) is 57.2 Å². The van der Waals surface area contributed by atoms with Crippen LogP contribution in [0, 0.1) is 0 Å². The van der Waals surface area contributed by atoms with Crippen LogP contribution >= 0.6 is 0 Å². The maximum atomic E-state index is 14.2. The van der Waals surface area contributed by atoms with E-state index in [9.17, 15) is 19.2 Å². The maximum Gasteiger partial charge on any atom is 0.419 e. The summed E-state index contributed by atoms with van der Waals surface area (Å²) in [5, 5.41) is 9.58. The van der Waals surface area contributed by atoms with Crippen molar-refractivity contribution in [2.24, 2.45) is 0 Å². The van der Waals surface area contributed by atoms with Crippen LogP contribution in [0.15, 0.2) is 54.7 Å². The lowest BCUT2D eigenvalue weighted by Gasteiger charge is -2.22. The second-order valence-electron chi connectivity index (χ2n) is 23.3. The molecule has 0 fully saturated rings. The highest BCUT2D eigenvalue weighted by Gasteiger charge is 2.26. The summed E-state index contributed by atoms with van der Waals surface area (Å²) in [6.07, 6.45) is 32.0. The monoisotopic (exact) mass is 1070 g/mol. The van der Waals surface area contributed by atoms with Crippen molar-refractivity contribution in [1.82, 2.24) is 20.5 Å². The van der Waals surface area contributed by atoms with E-state index in [2.05, 4.69) is 29.8 Å². The first-order valence-corrected chi connectivity index (χ1v) is 30.4. The van der Waals surface area contributed by atoms with Crippen LogP contribution in [-0.2, 0) is 41.6 Å². The van der Waals surface area contributed by atoms with E-state index in [1.54, 1.807) is 39.1 Å². The van der Waals surface area contributed by atoms with Gasteiger partial charge >= 0.3 is 12.2 Å². The number of hydrogen-bond donors (Lipinski definition) is 3. The van der Waals surface area contributed by atoms with Crippen LogP contribution in [-0.4, -0.2) is 84.8 Å². The molecule has 3 amide bonds. The highest BCUT2D eigenvalue weighted by atomic mass is 16.6. The Morgan fingerprint density at radius 2 is 1.14 bits per heavy atom. The topological polar surface area (TPSA) is 155 Å². The Bertz CT molecular complexity index is 2040. The third-order valence-electron chi connectivity index (χ3n) is 13.6. The first-order chi connectivity index (χ1) is 37.1. The fourth-order valence-electron chi connectivity index (χ4n) is 9.33. The van der Waals surface area contributed by atoms with Crippen molar-refractivity contribution in [3.8, 4) is 5.75 Å². The second-order valence-corrected chi connectivity index (χ2v) is 23.3. The molecule has 13 heteroatoms. The van der Waals surface area contributed by atoms with Crippen LogP contribution in [0.2, 0.25) is 0 Å². The molecule has 13 nitrogen and oxygen atoms in total. The van der Waals surface area contributed by atoms with Gasteiger partial charge < -0.3 is 39.6 Å². The molecule has 0 saturated heterocycles. The average Bonchev–Trinajstić information content (AvgIpc) is 3.78. The third-order valence-corrected chi connectivity index (χ3v) is 13.6. The minimum absolute atomic E-state index is 0.115. The van der Waals surface area contributed by atoms with Gasteiger partial charge in [-0.1, -0.05) is 185 Å². The molecule has 3 rings (SSSR count). The normalized spacial score (nSPS) is 12.6. The van der Waals surface area contributed by atoms with Crippen molar-refractivity contribution in [3.63, 3.8) is 0 Å². The molecule has 436 valence electrons. The van der Waals surface area contributed by atoms with Crippen LogP contribution in [0.5, 0.6) is 5.75 Å². The second kappa shape index (κ2) is 39.7. The zero-order valence-corrected chi connectivity index (χ0v) is 49.5.